The highest BCUT2D eigenvalue weighted by Crippen LogP contribution is 2.21. The summed E-state index contributed by atoms with van der Waals surface area (Å²) in [5, 5.41) is 18.2. The first kappa shape index (κ1) is 18.3. The van der Waals surface area contributed by atoms with Crippen molar-refractivity contribution < 1.29 is 9.67 Å². The number of thiophene rings is 1. The van der Waals surface area contributed by atoms with Gasteiger partial charge in [-0.2, -0.15) is 4.57 Å². The molecule has 2 heterocycles. The minimum atomic E-state index is -0.0862. The summed E-state index contributed by atoms with van der Waals surface area (Å²) < 4.78 is 1.80. The average molecular weight is 381 g/mol. The van der Waals surface area contributed by atoms with Gasteiger partial charge in [-0.25, -0.2) is 0 Å². The molecule has 3 aromatic rings. The Hall–Kier alpha value is -2.50. The molecule has 2 aromatic heterocycles. The van der Waals surface area contributed by atoms with E-state index in [1.807, 2.05) is 67.2 Å². The monoisotopic (exact) mass is 380 g/mol. The molecule has 0 bridgehead atoms. The zero-order chi connectivity index (χ0) is 18.7. The fourth-order valence-electron chi connectivity index (χ4n) is 2.60. The number of rotatable bonds is 4. The summed E-state index contributed by atoms with van der Waals surface area (Å²) in [5.41, 5.74) is 4.77. The van der Waals surface area contributed by atoms with Crippen LogP contribution in [0.15, 0.2) is 60.2 Å². The van der Waals surface area contributed by atoms with Crippen LogP contribution in [0.3, 0.4) is 0 Å². The normalized spacial score (nSPS) is 11.8. The minimum Gasteiger partial charge on any atom is -0.867 e. The number of hydrogen-bond acceptors (Lipinski definition) is 3. The van der Waals surface area contributed by atoms with E-state index < -0.39 is 0 Å². The Morgan fingerprint density at radius 1 is 1.08 bits per heavy atom. The third-order valence-corrected chi connectivity index (χ3v) is 5.31. The lowest BCUT2D eigenvalue weighted by Crippen LogP contribution is -2.40. The average Bonchev–Trinajstić information content (AvgIpc) is 3.13. The van der Waals surface area contributed by atoms with Gasteiger partial charge in [-0.1, -0.05) is 24.4 Å². The minimum absolute atomic E-state index is 0.0862. The van der Waals surface area contributed by atoms with Crippen LogP contribution in [0.5, 0.6) is 0 Å². The van der Waals surface area contributed by atoms with Crippen molar-refractivity contribution in [2.75, 3.05) is 5.32 Å². The van der Waals surface area contributed by atoms with E-state index in [0.29, 0.717) is 15.6 Å². The lowest BCUT2D eigenvalue weighted by Gasteiger charge is -2.16. The van der Waals surface area contributed by atoms with Gasteiger partial charge in [0.05, 0.1) is 0 Å². The third kappa shape index (κ3) is 4.00. The quantitative estimate of drug-likeness (QED) is 0.321. The molecule has 0 saturated heterocycles. The molecule has 0 atom stereocenters. The number of benzene rings is 1. The molecule has 1 aromatic carbocycles. The molecule has 3 nitrogen and oxygen atoms in total. The largest absolute Gasteiger partial charge is 0.867 e. The first-order chi connectivity index (χ1) is 12.5. The Balaban J connectivity index is 2.04. The number of nitrogens with zero attached hydrogens (tertiary/aromatic N) is 1. The number of hydrogen-bond donors (Lipinski definition) is 1. The molecule has 132 valence electrons. The highest BCUT2D eigenvalue weighted by molar-refractivity contribution is 7.81. The van der Waals surface area contributed by atoms with Gasteiger partial charge in [0, 0.05) is 22.2 Å². The van der Waals surface area contributed by atoms with E-state index >= 15 is 0 Å². The molecular formula is C21H20N2OS2. The smallest absolute Gasteiger partial charge is 0.239 e. The van der Waals surface area contributed by atoms with Crippen LogP contribution in [0.25, 0.3) is 11.5 Å². The molecule has 3 rings (SSSR count). The maximum atomic E-state index is 13.1. The summed E-state index contributed by atoms with van der Waals surface area (Å²) in [5.74, 6) is -0.0862. The predicted octanol–water partition coefficient (Wildman–Crippen LogP) is 4.09. The van der Waals surface area contributed by atoms with Gasteiger partial charge in [-0.05, 0) is 67.3 Å². The molecule has 0 spiro atoms. The van der Waals surface area contributed by atoms with Gasteiger partial charge in [0.15, 0.2) is 17.4 Å². The summed E-state index contributed by atoms with van der Waals surface area (Å²) in [6, 6.07) is 13.6. The van der Waals surface area contributed by atoms with Crippen molar-refractivity contribution in [2.45, 2.75) is 20.8 Å². The molecule has 26 heavy (non-hydrogen) atoms. The van der Waals surface area contributed by atoms with Crippen molar-refractivity contribution in [1.29, 1.82) is 0 Å². The summed E-state index contributed by atoms with van der Waals surface area (Å²) in [6.45, 7) is 6.11. The van der Waals surface area contributed by atoms with Gasteiger partial charge in [0.2, 0.25) is 5.70 Å². The third-order valence-electron chi connectivity index (χ3n) is 4.15. The lowest BCUT2D eigenvalue weighted by molar-refractivity contribution is -0.578. The fourth-order valence-corrected chi connectivity index (χ4v) is 3.58. The lowest BCUT2D eigenvalue weighted by atomic mass is 10.1. The molecule has 0 aliphatic rings. The van der Waals surface area contributed by atoms with E-state index in [2.05, 4.69) is 19.2 Å². The van der Waals surface area contributed by atoms with Crippen molar-refractivity contribution in [3.8, 4) is 0 Å². The Labute approximate surface area is 163 Å². The maximum absolute atomic E-state index is 13.1. The highest BCUT2D eigenvalue weighted by atomic mass is 32.1. The van der Waals surface area contributed by atoms with E-state index in [1.165, 1.54) is 22.5 Å². The molecule has 1 N–H and O–H groups in total. The molecule has 0 fully saturated rings. The van der Waals surface area contributed by atoms with Crippen LogP contribution in [0.4, 0.5) is 5.69 Å². The van der Waals surface area contributed by atoms with Gasteiger partial charge in [0.25, 0.3) is 0 Å². The highest BCUT2D eigenvalue weighted by Gasteiger charge is 2.19. The number of anilines is 1. The topological polar surface area (TPSA) is 39.0 Å². The molecule has 0 aliphatic heterocycles. The van der Waals surface area contributed by atoms with Gasteiger partial charge in [-0.15, -0.1) is 11.3 Å². The second-order valence-corrected chi connectivity index (χ2v) is 7.55. The van der Waals surface area contributed by atoms with Crippen LogP contribution in [-0.2, 0) is 0 Å². The standard InChI is InChI=1S/C21H20N2OS2/c1-14-6-4-10-23(13-14)19(20(24)18-7-5-11-26-18)21(25)22-17-9-8-15(2)16(3)12-17/h4-13H,1-3H3,(H-,22,24,25). The van der Waals surface area contributed by atoms with E-state index in [0.717, 1.165) is 11.3 Å². The van der Waals surface area contributed by atoms with Crippen LogP contribution in [0.1, 0.15) is 21.6 Å². The number of thiocarbonyl (C=S) groups is 1. The number of pyridine rings is 1. The van der Waals surface area contributed by atoms with E-state index in [4.69, 9.17) is 12.2 Å². The van der Waals surface area contributed by atoms with Crippen molar-refractivity contribution >= 4 is 45.7 Å². The molecule has 0 saturated carbocycles. The van der Waals surface area contributed by atoms with Gasteiger partial charge >= 0.3 is 0 Å². The number of nitrogens with one attached hydrogen (secondary N) is 1. The van der Waals surface area contributed by atoms with Crippen molar-refractivity contribution in [3.63, 3.8) is 0 Å². The van der Waals surface area contributed by atoms with Crippen LogP contribution in [0, 0.1) is 20.8 Å². The van der Waals surface area contributed by atoms with Gasteiger partial charge in [-0.3, -0.25) is 0 Å². The molecule has 0 unspecified atom stereocenters. The maximum Gasteiger partial charge on any atom is 0.239 e. The van der Waals surface area contributed by atoms with E-state index in [9.17, 15) is 5.11 Å². The number of aryl methyl sites for hydroxylation is 3. The zero-order valence-electron chi connectivity index (χ0n) is 14.9. The molecular weight excluding hydrogens is 360 g/mol. The van der Waals surface area contributed by atoms with Crippen LogP contribution < -0.4 is 15.0 Å². The summed E-state index contributed by atoms with van der Waals surface area (Å²) >= 11 is 7.04. The Kier molecular flexibility index (Phi) is 5.49. The molecule has 5 heteroatoms. The summed E-state index contributed by atoms with van der Waals surface area (Å²) in [4.78, 5) is 1.07. The van der Waals surface area contributed by atoms with E-state index in [1.54, 1.807) is 4.57 Å². The van der Waals surface area contributed by atoms with E-state index in [-0.39, 0.29) is 5.76 Å². The zero-order valence-corrected chi connectivity index (χ0v) is 16.6. The Bertz CT molecular complexity index is 975. The van der Waals surface area contributed by atoms with Crippen molar-refractivity contribution in [1.82, 2.24) is 0 Å². The van der Waals surface area contributed by atoms with Crippen LogP contribution in [0.2, 0.25) is 0 Å². The van der Waals surface area contributed by atoms with Crippen LogP contribution in [-0.4, -0.2) is 4.99 Å². The summed E-state index contributed by atoms with van der Waals surface area (Å²) in [6.07, 6.45) is 3.76. The van der Waals surface area contributed by atoms with Crippen molar-refractivity contribution in [2.24, 2.45) is 0 Å². The first-order valence-electron chi connectivity index (χ1n) is 8.28. The predicted molar refractivity (Wildman–Crippen MR) is 111 cm³/mol. The SMILES string of the molecule is Cc1ccc[n+](C(C(=S)Nc2ccc(C)c(C)c2)=C([O-])c2cccs2)c1. The molecule has 0 radical (unpaired) electrons. The van der Waals surface area contributed by atoms with Gasteiger partial charge < -0.3 is 10.4 Å². The second kappa shape index (κ2) is 7.81. The summed E-state index contributed by atoms with van der Waals surface area (Å²) in [7, 11) is 0. The fraction of sp³-hybridized carbons (Fsp3) is 0.143. The Morgan fingerprint density at radius 3 is 2.54 bits per heavy atom. The first-order valence-corrected chi connectivity index (χ1v) is 9.56. The van der Waals surface area contributed by atoms with Gasteiger partial charge in [0.1, 0.15) is 0 Å². The van der Waals surface area contributed by atoms with Crippen molar-refractivity contribution in [3.05, 3.63) is 81.8 Å². The molecule has 0 aliphatic carbocycles. The Morgan fingerprint density at radius 2 is 1.88 bits per heavy atom. The van der Waals surface area contributed by atoms with Crippen LogP contribution >= 0.6 is 23.6 Å². The number of aromatic nitrogens is 1. The second-order valence-electron chi connectivity index (χ2n) is 6.20. The molecule has 0 amide bonds.